The van der Waals surface area contributed by atoms with Gasteiger partial charge >= 0.3 is 0 Å². The van der Waals surface area contributed by atoms with E-state index in [1.807, 2.05) is 24.3 Å². The number of hydrogen-bond donors (Lipinski definition) is 2. The molecule has 7 heteroatoms. The molecule has 0 amide bonds. The van der Waals surface area contributed by atoms with Gasteiger partial charge in [0, 0.05) is 36.6 Å². The molecule has 22 heavy (non-hydrogen) atoms. The van der Waals surface area contributed by atoms with E-state index in [4.69, 9.17) is 27.6 Å². The zero-order valence-corrected chi connectivity index (χ0v) is 15.9. The molecule has 120 valence electrons. The maximum absolute atomic E-state index is 6.13. The van der Waals surface area contributed by atoms with Crippen LogP contribution in [0, 0.1) is 0 Å². The Morgan fingerprint density at radius 2 is 2.05 bits per heavy atom. The van der Waals surface area contributed by atoms with E-state index in [9.17, 15) is 0 Å². The third-order valence-corrected chi connectivity index (χ3v) is 3.52. The van der Waals surface area contributed by atoms with Gasteiger partial charge in [-0.25, -0.2) is 0 Å². The van der Waals surface area contributed by atoms with Crippen LogP contribution in [0.25, 0.3) is 0 Å². The summed E-state index contributed by atoms with van der Waals surface area (Å²) in [6.45, 7) is 1.32. The second kappa shape index (κ2) is 9.97. The third-order valence-electron chi connectivity index (χ3n) is 2.93. The Balaban J connectivity index is 0.00000242. The summed E-state index contributed by atoms with van der Waals surface area (Å²) >= 11 is 12.0. The van der Waals surface area contributed by atoms with E-state index >= 15 is 0 Å². The van der Waals surface area contributed by atoms with Gasteiger partial charge in [0.25, 0.3) is 0 Å². The van der Waals surface area contributed by atoms with E-state index in [2.05, 4.69) is 15.6 Å². The second-order valence-electron chi connectivity index (χ2n) is 4.42. The Kier molecular flexibility index (Phi) is 8.67. The first kappa shape index (κ1) is 19.1. The van der Waals surface area contributed by atoms with Crippen molar-refractivity contribution < 1.29 is 4.42 Å². The van der Waals surface area contributed by atoms with Crippen molar-refractivity contribution in [1.82, 2.24) is 10.6 Å². The van der Waals surface area contributed by atoms with Crippen molar-refractivity contribution in [2.45, 2.75) is 13.0 Å². The first-order valence-electron chi connectivity index (χ1n) is 6.60. The summed E-state index contributed by atoms with van der Waals surface area (Å²) < 4.78 is 5.27. The highest BCUT2D eigenvalue weighted by molar-refractivity contribution is 14.0. The molecule has 0 radical (unpaired) electrons. The van der Waals surface area contributed by atoms with Gasteiger partial charge in [0.05, 0.1) is 6.26 Å². The van der Waals surface area contributed by atoms with Gasteiger partial charge in [0.15, 0.2) is 5.96 Å². The van der Waals surface area contributed by atoms with Crippen LogP contribution >= 0.6 is 47.2 Å². The summed E-state index contributed by atoms with van der Waals surface area (Å²) in [5, 5.41) is 7.69. The van der Waals surface area contributed by atoms with Gasteiger partial charge in [-0.05, 0) is 29.8 Å². The van der Waals surface area contributed by atoms with Crippen LogP contribution in [0.4, 0.5) is 0 Å². The van der Waals surface area contributed by atoms with E-state index in [1.54, 1.807) is 19.4 Å². The Hall–Kier alpha value is -0.920. The van der Waals surface area contributed by atoms with Crippen LogP contribution in [0.1, 0.15) is 11.3 Å². The molecule has 0 aliphatic rings. The Morgan fingerprint density at radius 1 is 1.23 bits per heavy atom. The molecule has 0 aliphatic carbocycles. The fourth-order valence-corrected chi connectivity index (χ4v) is 2.30. The van der Waals surface area contributed by atoms with Crippen LogP contribution in [-0.2, 0) is 13.0 Å². The molecule has 1 aromatic heterocycles. The van der Waals surface area contributed by atoms with Crippen molar-refractivity contribution in [2.24, 2.45) is 4.99 Å². The molecule has 0 fully saturated rings. The van der Waals surface area contributed by atoms with E-state index in [1.165, 1.54) is 0 Å². The lowest BCUT2D eigenvalue weighted by atomic mass is 10.2. The van der Waals surface area contributed by atoms with Crippen LogP contribution < -0.4 is 10.6 Å². The quantitative estimate of drug-likeness (QED) is 0.407. The molecule has 0 unspecified atom stereocenters. The number of guanidine groups is 1. The minimum absolute atomic E-state index is 0. The van der Waals surface area contributed by atoms with Crippen LogP contribution in [0.15, 0.2) is 46.0 Å². The number of furan rings is 1. The van der Waals surface area contributed by atoms with Crippen LogP contribution in [0.2, 0.25) is 10.0 Å². The summed E-state index contributed by atoms with van der Waals surface area (Å²) in [5.74, 6) is 1.66. The number of nitrogens with zero attached hydrogens (tertiary/aromatic N) is 1. The van der Waals surface area contributed by atoms with Crippen molar-refractivity contribution in [3.63, 3.8) is 0 Å². The van der Waals surface area contributed by atoms with E-state index < -0.39 is 0 Å². The normalized spacial score (nSPS) is 11.0. The Morgan fingerprint density at radius 3 is 2.68 bits per heavy atom. The van der Waals surface area contributed by atoms with Crippen molar-refractivity contribution in [2.75, 3.05) is 13.6 Å². The van der Waals surface area contributed by atoms with E-state index in [0.29, 0.717) is 22.5 Å². The predicted molar refractivity (Wildman–Crippen MR) is 102 cm³/mol. The maximum atomic E-state index is 6.13. The highest BCUT2D eigenvalue weighted by atomic mass is 127. The highest BCUT2D eigenvalue weighted by Gasteiger charge is 2.03. The fourth-order valence-electron chi connectivity index (χ4n) is 1.82. The lowest BCUT2D eigenvalue weighted by Gasteiger charge is -2.12. The van der Waals surface area contributed by atoms with Gasteiger partial charge in [-0.15, -0.1) is 24.0 Å². The molecule has 2 aromatic rings. The van der Waals surface area contributed by atoms with Crippen molar-refractivity contribution in [3.8, 4) is 0 Å². The van der Waals surface area contributed by atoms with Crippen molar-refractivity contribution in [3.05, 3.63) is 58.0 Å². The lowest BCUT2D eigenvalue weighted by molar-refractivity contribution is 0.507. The molecule has 2 N–H and O–H groups in total. The molecule has 0 spiro atoms. The third kappa shape index (κ3) is 6.06. The smallest absolute Gasteiger partial charge is 0.191 e. The minimum Gasteiger partial charge on any atom is -0.469 e. The molecule has 0 bridgehead atoms. The van der Waals surface area contributed by atoms with Crippen molar-refractivity contribution in [1.29, 1.82) is 0 Å². The second-order valence-corrected chi connectivity index (χ2v) is 5.26. The van der Waals surface area contributed by atoms with Gasteiger partial charge < -0.3 is 15.1 Å². The number of hydrogen-bond acceptors (Lipinski definition) is 2. The SMILES string of the molecule is CN=C(NCCc1ccco1)NCc1ccc(Cl)cc1Cl.I. The number of benzene rings is 1. The zero-order valence-electron chi connectivity index (χ0n) is 12.1. The standard InChI is InChI=1S/C15H17Cl2N3O.HI/c1-18-15(19-7-6-13-3-2-8-21-13)20-10-11-4-5-12(16)9-14(11)17;/h2-5,8-9H,6-7,10H2,1H3,(H2,18,19,20);1H. The van der Waals surface area contributed by atoms with Gasteiger partial charge in [-0.1, -0.05) is 29.3 Å². The zero-order chi connectivity index (χ0) is 15.1. The average molecular weight is 454 g/mol. The van der Waals surface area contributed by atoms with Gasteiger partial charge in [0.1, 0.15) is 5.76 Å². The number of rotatable bonds is 5. The minimum atomic E-state index is 0. The topological polar surface area (TPSA) is 49.6 Å². The summed E-state index contributed by atoms with van der Waals surface area (Å²) in [6.07, 6.45) is 2.47. The molecule has 2 rings (SSSR count). The summed E-state index contributed by atoms with van der Waals surface area (Å²) in [4.78, 5) is 4.16. The number of halogens is 3. The molecule has 0 atom stereocenters. The molecular formula is C15H18Cl2IN3O. The monoisotopic (exact) mass is 453 g/mol. The summed E-state index contributed by atoms with van der Waals surface area (Å²) in [7, 11) is 1.73. The van der Waals surface area contributed by atoms with Gasteiger partial charge in [0.2, 0.25) is 0 Å². The molecular weight excluding hydrogens is 436 g/mol. The molecule has 0 saturated carbocycles. The predicted octanol–water partition coefficient (Wildman–Crippen LogP) is 4.11. The first-order chi connectivity index (χ1) is 10.2. The molecule has 1 aromatic carbocycles. The molecule has 4 nitrogen and oxygen atoms in total. The molecule has 0 aliphatic heterocycles. The van der Waals surface area contributed by atoms with E-state index in [0.717, 1.165) is 24.3 Å². The summed E-state index contributed by atoms with van der Waals surface area (Å²) in [6, 6.07) is 9.27. The van der Waals surface area contributed by atoms with Crippen LogP contribution in [0.5, 0.6) is 0 Å². The van der Waals surface area contributed by atoms with Crippen molar-refractivity contribution >= 4 is 53.1 Å². The van der Waals surface area contributed by atoms with E-state index in [-0.39, 0.29) is 24.0 Å². The molecule has 1 heterocycles. The Labute approximate surface area is 157 Å². The lowest BCUT2D eigenvalue weighted by Crippen LogP contribution is -2.37. The van der Waals surface area contributed by atoms with Crippen LogP contribution in [0.3, 0.4) is 0 Å². The summed E-state index contributed by atoms with van der Waals surface area (Å²) in [5.41, 5.74) is 0.968. The average Bonchev–Trinajstić information content (AvgIpc) is 2.97. The highest BCUT2D eigenvalue weighted by Crippen LogP contribution is 2.20. The fraction of sp³-hybridized carbons (Fsp3) is 0.267. The molecule has 0 saturated heterocycles. The first-order valence-corrected chi connectivity index (χ1v) is 7.35. The van der Waals surface area contributed by atoms with Gasteiger partial charge in [-0.2, -0.15) is 0 Å². The Bertz CT molecular complexity index is 603. The van der Waals surface area contributed by atoms with Gasteiger partial charge in [-0.3, -0.25) is 4.99 Å². The number of nitrogens with one attached hydrogen (secondary N) is 2. The van der Waals surface area contributed by atoms with Crippen LogP contribution in [-0.4, -0.2) is 19.6 Å². The maximum Gasteiger partial charge on any atom is 0.191 e. The number of aliphatic imine (C=N–C) groups is 1. The largest absolute Gasteiger partial charge is 0.469 e.